The second-order valence-electron chi connectivity index (χ2n) is 6.71. The number of benzene rings is 3. The van der Waals surface area contributed by atoms with Crippen molar-refractivity contribution in [2.24, 2.45) is 0 Å². The lowest BCUT2D eigenvalue weighted by Gasteiger charge is -2.32. The maximum atomic E-state index is 12.4. The molecule has 0 spiro atoms. The highest BCUT2D eigenvalue weighted by Crippen LogP contribution is 2.42. The van der Waals surface area contributed by atoms with Gasteiger partial charge in [0.05, 0.1) is 13.4 Å². The lowest BCUT2D eigenvalue weighted by Crippen LogP contribution is -2.37. The molecule has 4 nitrogen and oxygen atoms in total. The van der Waals surface area contributed by atoms with Crippen molar-refractivity contribution >= 4 is 17.1 Å². The van der Waals surface area contributed by atoms with E-state index in [9.17, 15) is 9.90 Å². The molecule has 1 N–H and O–H groups in total. The summed E-state index contributed by atoms with van der Waals surface area (Å²) in [6.07, 6.45) is 3.24. The molecule has 1 aliphatic rings. The van der Waals surface area contributed by atoms with E-state index in [1.54, 1.807) is 43.7 Å². The normalized spacial score (nSPS) is 18.2. The summed E-state index contributed by atoms with van der Waals surface area (Å²) >= 11 is 0. The molecule has 1 atom stereocenters. The Labute approximate surface area is 169 Å². The van der Waals surface area contributed by atoms with Crippen LogP contribution in [0.25, 0.3) is 11.1 Å². The number of carboxylic acid groups (broad SMARTS) is 1. The van der Waals surface area contributed by atoms with E-state index in [0.29, 0.717) is 11.3 Å². The SMILES string of the molecule is COc1ccc(C2(C(=O)O)C=C(c3ccccc3)C(c3ccccc3)=CO2)cc1. The molecule has 0 aliphatic carbocycles. The van der Waals surface area contributed by atoms with Gasteiger partial charge in [0.2, 0.25) is 5.60 Å². The summed E-state index contributed by atoms with van der Waals surface area (Å²) in [7, 11) is 1.57. The molecule has 0 fully saturated rings. The fraction of sp³-hybridized carbons (Fsp3) is 0.0800. The van der Waals surface area contributed by atoms with Crippen molar-refractivity contribution in [3.05, 3.63) is 114 Å². The molecular weight excluding hydrogens is 364 g/mol. The van der Waals surface area contributed by atoms with Gasteiger partial charge in [0.15, 0.2) is 0 Å². The van der Waals surface area contributed by atoms with Gasteiger partial charge in [-0.3, -0.25) is 0 Å². The van der Waals surface area contributed by atoms with Crippen molar-refractivity contribution in [2.45, 2.75) is 5.60 Å². The van der Waals surface area contributed by atoms with Crippen LogP contribution in [0, 0.1) is 0 Å². The van der Waals surface area contributed by atoms with E-state index in [1.165, 1.54) is 0 Å². The summed E-state index contributed by atoms with van der Waals surface area (Å²) in [6, 6.07) is 26.4. The maximum Gasteiger partial charge on any atom is 0.357 e. The van der Waals surface area contributed by atoms with Crippen LogP contribution in [0.2, 0.25) is 0 Å². The third-order valence-corrected chi connectivity index (χ3v) is 5.01. The van der Waals surface area contributed by atoms with Gasteiger partial charge in [-0.1, -0.05) is 72.8 Å². The van der Waals surface area contributed by atoms with Crippen molar-refractivity contribution in [3.8, 4) is 5.75 Å². The van der Waals surface area contributed by atoms with Crippen LogP contribution in [0.4, 0.5) is 0 Å². The van der Waals surface area contributed by atoms with Gasteiger partial charge < -0.3 is 14.6 Å². The zero-order chi connectivity index (χ0) is 20.3. The third-order valence-electron chi connectivity index (χ3n) is 5.01. The Bertz CT molecular complexity index is 1070. The number of carboxylic acids is 1. The molecule has 1 unspecified atom stereocenters. The number of hydrogen-bond acceptors (Lipinski definition) is 3. The second kappa shape index (κ2) is 7.68. The van der Waals surface area contributed by atoms with E-state index in [2.05, 4.69) is 0 Å². The summed E-state index contributed by atoms with van der Waals surface area (Å²) in [5, 5.41) is 10.2. The Kier molecular flexibility index (Phi) is 4.92. The van der Waals surface area contributed by atoms with Crippen molar-refractivity contribution < 1.29 is 19.4 Å². The largest absolute Gasteiger partial charge is 0.497 e. The molecule has 1 heterocycles. The Morgan fingerprint density at radius 1 is 0.828 bits per heavy atom. The Hall–Kier alpha value is -3.79. The standard InChI is InChI=1S/C25H20O4/c1-28-21-14-12-20(13-15-21)25(24(26)27)16-22(18-8-4-2-5-9-18)23(17-29-25)19-10-6-3-7-11-19/h2-17H,1H3,(H,26,27). The number of rotatable bonds is 5. The monoisotopic (exact) mass is 384 g/mol. The smallest absolute Gasteiger partial charge is 0.357 e. The van der Waals surface area contributed by atoms with Gasteiger partial charge in [-0.25, -0.2) is 4.79 Å². The summed E-state index contributed by atoms with van der Waals surface area (Å²) in [6.45, 7) is 0. The van der Waals surface area contributed by atoms with E-state index < -0.39 is 11.6 Å². The quantitative estimate of drug-likeness (QED) is 0.663. The molecule has 0 bridgehead atoms. The third kappa shape index (κ3) is 3.41. The van der Waals surface area contributed by atoms with Gasteiger partial charge in [0.25, 0.3) is 0 Å². The first-order chi connectivity index (χ1) is 14.1. The van der Waals surface area contributed by atoms with Crippen molar-refractivity contribution in [3.63, 3.8) is 0 Å². The molecule has 0 radical (unpaired) electrons. The molecule has 4 heteroatoms. The molecule has 0 saturated heterocycles. The molecule has 29 heavy (non-hydrogen) atoms. The van der Waals surface area contributed by atoms with Gasteiger partial charge >= 0.3 is 5.97 Å². The predicted octanol–water partition coefficient (Wildman–Crippen LogP) is 5.13. The average Bonchev–Trinajstić information content (AvgIpc) is 2.80. The van der Waals surface area contributed by atoms with E-state index >= 15 is 0 Å². The molecule has 3 aromatic carbocycles. The molecular formula is C25H20O4. The van der Waals surface area contributed by atoms with Crippen LogP contribution in [-0.4, -0.2) is 18.2 Å². The lowest BCUT2D eigenvalue weighted by atomic mass is 9.83. The Balaban J connectivity index is 1.89. The number of aliphatic carboxylic acids is 1. The van der Waals surface area contributed by atoms with Crippen LogP contribution < -0.4 is 4.74 Å². The zero-order valence-corrected chi connectivity index (χ0v) is 15.9. The van der Waals surface area contributed by atoms with E-state index in [1.807, 2.05) is 60.7 Å². The average molecular weight is 384 g/mol. The molecule has 0 amide bonds. The lowest BCUT2D eigenvalue weighted by molar-refractivity contribution is -0.155. The molecule has 1 aliphatic heterocycles. The highest BCUT2D eigenvalue weighted by molar-refractivity contribution is 6.07. The number of carbonyl (C=O) groups is 1. The highest BCUT2D eigenvalue weighted by Gasteiger charge is 2.43. The van der Waals surface area contributed by atoms with E-state index in [-0.39, 0.29) is 0 Å². The number of hydrogen-bond donors (Lipinski definition) is 1. The van der Waals surface area contributed by atoms with Gasteiger partial charge in [0, 0.05) is 11.1 Å². The van der Waals surface area contributed by atoms with Gasteiger partial charge in [-0.05, 0) is 34.9 Å². The summed E-state index contributed by atoms with van der Waals surface area (Å²) in [5.74, 6) is -0.433. The molecule has 0 saturated carbocycles. The zero-order valence-electron chi connectivity index (χ0n) is 15.9. The van der Waals surface area contributed by atoms with Crippen LogP contribution in [0.1, 0.15) is 16.7 Å². The topological polar surface area (TPSA) is 55.8 Å². The van der Waals surface area contributed by atoms with Crippen LogP contribution in [0.5, 0.6) is 5.75 Å². The van der Waals surface area contributed by atoms with Crippen molar-refractivity contribution in [1.82, 2.24) is 0 Å². The first kappa shape index (κ1) is 18.6. The van der Waals surface area contributed by atoms with Crippen LogP contribution in [-0.2, 0) is 15.1 Å². The summed E-state index contributed by atoms with van der Waals surface area (Å²) in [5.41, 5.74) is 2.41. The molecule has 0 aromatic heterocycles. The summed E-state index contributed by atoms with van der Waals surface area (Å²) < 4.78 is 11.1. The van der Waals surface area contributed by atoms with Crippen molar-refractivity contribution in [2.75, 3.05) is 7.11 Å². The Morgan fingerprint density at radius 2 is 1.38 bits per heavy atom. The highest BCUT2D eigenvalue weighted by atomic mass is 16.5. The molecule has 3 aromatic rings. The van der Waals surface area contributed by atoms with Gasteiger partial charge in [-0.2, -0.15) is 0 Å². The van der Waals surface area contributed by atoms with Gasteiger partial charge in [0.1, 0.15) is 5.75 Å². The fourth-order valence-corrected chi connectivity index (χ4v) is 3.45. The molecule has 4 rings (SSSR count). The fourth-order valence-electron chi connectivity index (χ4n) is 3.45. The van der Waals surface area contributed by atoms with Crippen LogP contribution >= 0.6 is 0 Å². The first-order valence-electron chi connectivity index (χ1n) is 9.24. The van der Waals surface area contributed by atoms with Crippen LogP contribution in [0.15, 0.2) is 97.3 Å². The minimum atomic E-state index is -1.63. The van der Waals surface area contributed by atoms with E-state index in [4.69, 9.17) is 9.47 Å². The van der Waals surface area contributed by atoms with Crippen molar-refractivity contribution in [1.29, 1.82) is 0 Å². The first-order valence-corrected chi connectivity index (χ1v) is 9.24. The predicted molar refractivity (Wildman–Crippen MR) is 112 cm³/mol. The van der Waals surface area contributed by atoms with Gasteiger partial charge in [-0.15, -0.1) is 0 Å². The number of ether oxygens (including phenoxy) is 2. The minimum absolute atomic E-state index is 0.516. The Morgan fingerprint density at radius 3 is 1.90 bits per heavy atom. The molecule has 144 valence electrons. The summed E-state index contributed by atoms with van der Waals surface area (Å²) in [4.78, 5) is 12.4. The van der Waals surface area contributed by atoms with Crippen LogP contribution in [0.3, 0.4) is 0 Å². The second-order valence-corrected chi connectivity index (χ2v) is 6.71. The number of allylic oxidation sites excluding steroid dienone is 2. The minimum Gasteiger partial charge on any atom is -0.497 e. The maximum absolute atomic E-state index is 12.4. The van der Waals surface area contributed by atoms with E-state index in [0.717, 1.165) is 22.3 Å². The number of methoxy groups -OCH3 is 1.